The van der Waals surface area contributed by atoms with Crippen molar-refractivity contribution in [2.45, 2.75) is 19.4 Å². The molecule has 1 unspecified atom stereocenters. The Hall–Kier alpha value is -1.10. The van der Waals surface area contributed by atoms with Crippen molar-refractivity contribution in [2.75, 3.05) is 0 Å². The van der Waals surface area contributed by atoms with Crippen LogP contribution in [0.1, 0.15) is 12.5 Å². The summed E-state index contributed by atoms with van der Waals surface area (Å²) in [7, 11) is 0. The molecule has 106 valence electrons. The molecule has 20 heavy (non-hydrogen) atoms. The molecule has 2 N–H and O–H groups in total. The fraction of sp³-hybridized carbons (Fsp3) is 0.200. The molecule has 0 amide bonds. The van der Waals surface area contributed by atoms with Gasteiger partial charge in [-0.3, -0.25) is 0 Å². The van der Waals surface area contributed by atoms with E-state index in [-0.39, 0.29) is 11.9 Å². The van der Waals surface area contributed by atoms with E-state index in [9.17, 15) is 4.39 Å². The van der Waals surface area contributed by atoms with E-state index < -0.39 is 0 Å². The number of rotatable bonds is 4. The Kier molecular flexibility index (Phi) is 5.02. The highest BCUT2D eigenvalue weighted by Gasteiger charge is 2.07. The van der Waals surface area contributed by atoms with Crippen LogP contribution in [0.15, 0.2) is 40.9 Å². The van der Waals surface area contributed by atoms with Crippen molar-refractivity contribution in [1.29, 1.82) is 0 Å². The SMILES string of the molecule is CC(N)Cc1ccc(Oc2ccc(F)c(Br)c2)cc1Cl. The second-order valence-electron chi connectivity index (χ2n) is 4.61. The summed E-state index contributed by atoms with van der Waals surface area (Å²) in [6.45, 7) is 1.93. The molecule has 0 spiro atoms. The number of ether oxygens (including phenoxy) is 1. The van der Waals surface area contributed by atoms with Gasteiger partial charge in [0.25, 0.3) is 0 Å². The van der Waals surface area contributed by atoms with Gasteiger partial charge in [-0.1, -0.05) is 17.7 Å². The monoisotopic (exact) mass is 357 g/mol. The maximum Gasteiger partial charge on any atom is 0.137 e. The van der Waals surface area contributed by atoms with Crippen LogP contribution in [0.25, 0.3) is 0 Å². The Morgan fingerprint density at radius 3 is 2.50 bits per heavy atom. The van der Waals surface area contributed by atoms with Crippen molar-refractivity contribution < 1.29 is 9.13 Å². The first kappa shape index (κ1) is 15.3. The molecule has 0 aliphatic carbocycles. The van der Waals surface area contributed by atoms with E-state index in [0.717, 1.165) is 5.56 Å². The first-order chi connectivity index (χ1) is 9.45. The van der Waals surface area contributed by atoms with Crippen LogP contribution >= 0.6 is 27.5 Å². The highest BCUT2D eigenvalue weighted by atomic mass is 79.9. The van der Waals surface area contributed by atoms with Crippen molar-refractivity contribution in [3.05, 3.63) is 57.3 Å². The van der Waals surface area contributed by atoms with E-state index in [2.05, 4.69) is 15.9 Å². The van der Waals surface area contributed by atoms with E-state index >= 15 is 0 Å². The quantitative estimate of drug-likeness (QED) is 0.841. The zero-order chi connectivity index (χ0) is 14.7. The number of benzene rings is 2. The normalized spacial score (nSPS) is 12.2. The smallest absolute Gasteiger partial charge is 0.137 e. The second-order valence-corrected chi connectivity index (χ2v) is 5.87. The van der Waals surface area contributed by atoms with E-state index in [1.165, 1.54) is 6.07 Å². The minimum Gasteiger partial charge on any atom is -0.457 e. The third kappa shape index (κ3) is 3.95. The lowest BCUT2D eigenvalue weighted by molar-refractivity contribution is 0.479. The van der Waals surface area contributed by atoms with Gasteiger partial charge in [-0.05, 0) is 65.2 Å². The molecule has 0 saturated carbocycles. The molecule has 0 fully saturated rings. The van der Waals surface area contributed by atoms with Crippen molar-refractivity contribution in [1.82, 2.24) is 0 Å². The van der Waals surface area contributed by atoms with Gasteiger partial charge in [0.2, 0.25) is 0 Å². The Morgan fingerprint density at radius 2 is 1.90 bits per heavy atom. The van der Waals surface area contributed by atoms with Gasteiger partial charge >= 0.3 is 0 Å². The summed E-state index contributed by atoms with van der Waals surface area (Å²) in [5.41, 5.74) is 6.74. The lowest BCUT2D eigenvalue weighted by Crippen LogP contribution is -2.17. The van der Waals surface area contributed by atoms with Gasteiger partial charge in [0.05, 0.1) is 4.47 Å². The van der Waals surface area contributed by atoms with Gasteiger partial charge in [-0.2, -0.15) is 0 Å². The zero-order valence-electron chi connectivity index (χ0n) is 10.9. The van der Waals surface area contributed by atoms with Gasteiger partial charge in [0, 0.05) is 11.1 Å². The first-order valence-corrected chi connectivity index (χ1v) is 7.29. The average Bonchev–Trinajstić information content (AvgIpc) is 2.37. The van der Waals surface area contributed by atoms with Crippen LogP contribution in [0.3, 0.4) is 0 Å². The van der Waals surface area contributed by atoms with Crippen molar-refractivity contribution in [3.8, 4) is 11.5 Å². The molecule has 0 aromatic heterocycles. The van der Waals surface area contributed by atoms with Gasteiger partial charge in [-0.15, -0.1) is 0 Å². The summed E-state index contributed by atoms with van der Waals surface area (Å²) >= 11 is 9.31. The predicted molar refractivity (Wildman–Crippen MR) is 83.0 cm³/mol. The highest BCUT2D eigenvalue weighted by Crippen LogP contribution is 2.29. The summed E-state index contributed by atoms with van der Waals surface area (Å²) in [6.07, 6.45) is 0.710. The molecule has 5 heteroatoms. The van der Waals surface area contributed by atoms with E-state index in [4.69, 9.17) is 22.1 Å². The molecule has 2 aromatic carbocycles. The van der Waals surface area contributed by atoms with Crippen LogP contribution in [-0.2, 0) is 6.42 Å². The largest absolute Gasteiger partial charge is 0.457 e. The lowest BCUT2D eigenvalue weighted by atomic mass is 10.1. The Morgan fingerprint density at radius 1 is 1.25 bits per heavy atom. The van der Waals surface area contributed by atoms with Gasteiger partial charge < -0.3 is 10.5 Å². The Labute approximate surface area is 130 Å². The molecule has 2 nitrogen and oxygen atoms in total. The summed E-state index contributed by atoms with van der Waals surface area (Å²) in [5.74, 6) is 0.805. The summed E-state index contributed by atoms with van der Waals surface area (Å²) in [5, 5.41) is 0.612. The summed E-state index contributed by atoms with van der Waals surface area (Å²) in [6, 6.07) is 9.96. The zero-order valence-corrected chi connectivity index (χ0v) is 13.2. The van der Waals surface area contributed by atoms with Crippen LogP contribution in [-0.4, -0.2) is 6.04 Å². The summed E-state index contributed by atoms with van der Waals surface area (Å²) < 4.78 is 19.1. The number of hydrogen-bond acceptors (Lipinski definition) is 2. The lowest BCUT2D eigenvalue weighted by Gasteiger charge is -2.11. The maximum atomic E-state index is 13.1. The molecule has 2 rings (SSSR count). The molecule has 0 aliphatic heterocycles. The van der Waals surface area contributed by atoms with Gasteiger partial charge in [0.1, 0.15) is 17.3 Å². The predicted octanol–water partition coefficient (Wildman–Crippen LogP) is 4.92. The van der Waals surface area contributed by atoms with Crippen LogP contribution in [0.5, 0.6) is 11.5 Å². The number of halogens is 3. The summed E-state index contributed by atoms with van der Waals surface area (Å²) in [4.78, 5) is 0. The van der Waals surface area contributed by atoms with E-state index in [1.807, 2.05) is 19.1 Å². The molecule has 1 atom stereocenters. The number of hydrogen-bond donors (Lipinski definition) is 1. The topological polar surface area (TPSA) is 35.2 Å². The first-order valence-electron chi connectivity index (χ1n) is 6.12. The van der Waals surface area contributed by atoms with E-state index in [1.54, 1.807) is 18.2 Å². The van der Waals surface area contributed by atoms with Crippen LogP contribution in [0.2, 0.25) is 5.02 Å². The molecule has 0 saturated heterocycles. The average molecular weight is 359 g/mol. The van der Waals surface area contributed by atoms with E-state index in [0.29, 0.717) is 27.4 Å². The minimum atomic E-state index is -0.331. The molecular formula is C15H14BrClFNO. The standard InChI is InChI=1S/C15H14BrClFNO/c1-9(19)6-10-2-3-12(8-14(10)17)20-11-4-5-15(18)13(16)7-11/h2-5,7-9H,6,19H2,1H3. The fourth-order valence-corrected chi connectivity index (χ4v) is 2.39. The Balaban J connectivity index is 2.17. The van der Waals surface area contributed by atoms with Crippen LogP contribution < -0.4 is 10.5 Å². The molecule has 0 bridgehead atoms. The second kappa shape index (κ2) is 6.57. The molecule has 0 radical (unpaired) electrons. The highest BCUT2D eigenvalue weighted by molar-refractivity contribution is 9.10. The fourth-order valence-electron chi connectivity index (χ4n) is 1.78. The Bertz CT molecular complexity index is 619. The molecule has 2 aromatic rings. The van der Waals surface area contributed by atoms with Crippen LogP contribution in [0.4, 0.5) is 4.39 Å². The maximum absolute atomic E-state index is 13.1. The van der Waals surface area contributed by atoms with Crippen LogP contribution in [0, 0.1) is 5.82 Å². The third-order valence-electron chi connectivity index (χ3n) is 2.69. The van der Waals surface area contributed by atoms with Crippen molar-refractivity contribution in [3.63, 3.8) is 0 Å². The number of nitrogens with two attached hydrogens (primary N) is 1. The molecule has 0 heterocycles. The van der Waals surface area contributed by atoms with Gasteiger partial charge in [-0.25, -0.2) is 4.39 Å². The minimum absolute atomic E-state index is 0.0484. The third-order valence-corrected chi connectivity index (χ3v) is 3.65. The molecule has 0 aliphatic rings. The molecular weight excluding hydrogens is 345 g/mol. The van der Waals surface area contributed by atoms with Crippen molar-refractivity contribution in [2.24, 2.45) is 5.73 Å². The van der Waals surface area contributed by atoms with Gasteiger partial charge in [0.15, 0.2) is 0 Å². The van der Waals surface area contributed by atoms with Crippen molar-refractivity contribution >= 4 is 27.5 Å².